The van der Waals surface area contributed by atoms with E-state index in [1.54, 1.807) is 0 Å². The van der Waals surface area contributed by atoms with Crippen LogP contribution in [0.4, 0.5) is 4.39 Å². The second-order valence-electron chi connectivity index (χ2n) is 3.11. The van der Waals surface area contributed by atoms with E-state index in [0.29, 0.717) is 6.29 Å². The van der Waals surface area contributed by atoms with Crippen molar-refractivity contribution in [1.82, 2.24) is 15.0 Å². The van der Waals surface area contributed by atoms with Gasteiger partial charge >= 0.3 is 0 Å². The molecule has 86 valence electrons. The van der Waals surface area contributed by atoms with Crippen molar-refractivity contribution in [3.05, 3.63) is 36.2 Å². The van der Waals surface area contributed by atoms with Gasteiger partial charge in [-0.2, -0.15) is 0 Å². The average molecular weight is 233 g/mol. The molecule has 6 heteroatoms. The molecule has 0 amide bonds. The average Bonchev–Trinajstić information content (AvgIpc) is 2.39. The fraction of sp³-hybridized carbons (Fsp3) is 0.0909. The third-order valence-electron chi connectivity index (χ3n) is 2.13. The highest BCUT2D eigenvalue weighted by molar-refractivity contribution is 5.83. The van der Waals surface area contributed by atoms with E-state index in [4.69, 9.17) is 4.74 Å². The summed E-state index contributed by atoms with van der Waals surface area (Å²) in [7, 11) is 1.42. The summed E-state index contributed by atoms with van der Waals surface area (Å²) >= 11 is 0. The van der Waals surface area contributed by atoms with Crippen molar-refractivity contribution in [1.29, 1.82) is 0 Å². The van der Waals surface area contributed by atoms with Gasteiger partial charge in [0.15, 0.2) is 12.1 Å². The Kier molecular flexibility index (Phi) is 3.04. The molecular weight excluding hydrogens is 225 g/mol. The first-order chi connectivity index (χ1) is 8.26. The Morgan fingerprint density at radius 3 is 2.76 bits per heavy atom. The van der Waals surface area contributed by atoms with Crippen molar-refractivity contribution >= 4 is 6.29 Å². The molecule has 0 bridgehead atoms. The van der Waals surface area contributed by atoms with E-state index in [-0.39, 0.29) is 22.8 Å². The summed E-state index contributed by atoms with van der Waals surface area (Å²) in [5, 5.41) is 0. The Hall–Kier alpha value is -2.37. The SMILES string of the molecule is COc1cc(-c2nccnc2C=O)c(F)cn1. The molecule has 0 radical (unpaired) electrons. The zero-order valence-electron chi connectivity index (χ0n) is 8.92. The maximum absolute atomic E-state index is 13.6. The van der Waals surface area contributed by atoms with Crippen LogP contribution in [0.25, 0.3) is 11.3 Å². The highest BCUT2D eigenvalue weighted by Gasteiger charge is 2.13. The van der Waals surface area contributed by atoms with Crippen LogP contribution < -0.4 is 4.74 Å². The van der Waals surface area contributed by atoms with Gasteiger partial charge in [-0.15, -0.1) is 0 Å². The number of pyridine rings is 1. The van der Waals surface area contributed by atoms with Gasteiger partial charge in [0.25, 0.3) is 0 Å². The maximum atomic E-state index is 13.6. The number of aldehydes is 1. The maximum Gasteiger partial charge on any atom is 0.213 e. The Balaban J connectivity index is 2.62. The van der Waals surface area contributed by atoms with E-state index in [0.717, 1.165) is 6.20 Å². The Morgan fingerprint density at radius 1 is 1.29 bits per heavy atom. The molecular formula is C11H8FN3O2. The molecule has 0 N–H and O–H groups in total. The van der Waals surface area contributed by atoms with Gasteiger partial charge in [-0.05, 0) is 0 Å². The summed E-state index contributed by atoms with van der Waals surface area (Å²) in [6.45, 7) is 0. The quantitative estimate of drug-likeness (QED) is 0.751. The van der Waals surface area contributed by atoms with Crippen LogP contribution in [0, 0.1) is 5.82 Å². The van der Waals surface area contributed by atoms with Crippen molar-refractivity contribution in [2.24, 2.45) is 0 Å². The monoisotopic (exact) mass is 233 g/mol. The lowest BCUT2D eigenvalue weighted by Gasteiger charge is -2.05. The number of carbonyl (C=O) groups is 1. The van der Waals surface area contributed by atoms with Crippen LogP contribution in [-0.2, 0) is 0 Å². The van der Waals surface area contributed by atoms with Gasteiger partial charge in [-0.25, -0.2) is 14.4 Å². The number of hydrogen-bond acceptors (Lipinski definition) is 5. The molecule has 0 aliphatic carbocycles. The minimum atomic E-state index is -0.589. The summed E-state index contributed by atoms with van der Waals surface area (Å²) in [5.74, 6) is -0.349. The number of carbonyl (C=O) groups excluding carboxylic acids is 1. The zero-order chi connectivity index (χ0) is 12.3. The first kappa shape index (κ1) is 11.1. The zero-order valence-corrected chi connectivity index (χ0v) is 8.92. The van der Waals surface area contributed by atoms with E-state index in [2.05, 4.69) is 15.0 Å². The molecule has 0 saturated carbocycles. The third-order valence-corrected chi connectivity index (χ3v) is 2.13. The standard InChI is InChI=1S/C11H8FN3O2/c1-17-10-4-7(8(12)5-15-10)11-9(6-16)13-2-3-14-11/h2-6H,1H3. The molecule has 0 spiro atoms. The normalized spacial score (nSPS) is 10.0. The topological polar surface area (TPSA) is 65.0 Å². The summed E-state index contributed by atoms with van der Waals surface area (Å²) in [5.41, 5.74) is 0.368. The Morgan fingerprint density at radius 2 is 2.06 bits per heavy atom. The summed E-state index contributed by atoms with van der Waals surface area (Å²) in [6.07, 6.45) is 4.28. The molecule has 0 aromatic carbocycles. The van der Waals surface area contributed by atoms with Crippen molar-refractivity contribution < 1.29 is 13.9 Å². The van der Waals surface area contributed by atoms with Gasteiger partial charge in [0.1, 0.15) is 11.4 Å². The Labute approximate surface area is 96.3 Å². The molecule has 0 aliphatic rings. The van der Waals surface area contributed by atoms with Crippen LogP contribution in [0.5, 0.6) is 5.88 Å². The van der Waals surface area contributed by atoms with Gasteiger partial charge in [0.05, 0.1) is 13.3 Å². The molecule has 2 rings (SSSR count). The highest BCUT2D eigenvalue weighted by atomic mass is 19.1. The lowest BCUT2D eigenvalue weighted by molar-refractivity contribution is 0.111. The molecule has 5 nitrogen and oxygen atoms in total. The first-order valence-electron chi connectivity index (χ1n) is 4.72. The molecule has 0 atom stereocenters. The molecule has 2 aromatic rings. The fourth-order valence-corrected chi connectivity index (χ4v) is 1.36. The minimum absolute atomic E-state index is 0.0691. The lowest BCUT2D eigenvalue weighted by atomic mass is 10.1. The molecule has 17 heavy (non-hydrogen) atoms. The molecule has 2 heterocycles. The number of rotatable bonds is 3. The van der Waals surface area contributed by atoms with Crippen molar-refractivity contribution in [3.63, 3.8) is 0 Å². The molecule has 0 aliphatic heterocycles. The van der Waals surface area contributed by atoms with Crippen LogP contribution in [0.1, 0.15) is 10.5 Å². The van der Waals surface area contributed by atoms with Crippen LogP contribution in [-0.4, -0.2) is 28.3 Å². The van der Waals surface area contributed by atoms with Crippen LogP contribution in [0.15, 0.2) is 24.7 Å². The van der Waals surface area contributed by atoms with Gasteiger partial charge < -0.3 is 4.74 Å². The van der Waals surface area contributed by atoms with Crippen LogP contribution >= 0.6 is 0 Å². The summed E-state index contributed by atoms with van der Waals surface area (Å²) < 4.78 is 18.5. The Bertz CT molecular complexity index is 560. The summed E-state index contributed by atoms with van der Waals surface area (Å²) in [4.78, 5) is 22.2. The van der Waals surface area contributed by atoms with E-state index in [1.807, 2.05) is 0 Å². The number of halogens is 1. The number of aromatic nitrogens is 3. The lowest BCUT2D eigenvalue weighted by Crippen LogP contribution is -1.98. The second-order valence-corrected chi connectivity index (χ2v) is 3.11. The number of ether oxygens (including phenoxy) is 1. The van der Waals surface area contributed by atoms with Crippen LogP contribution in [0.3, 0.4) is 0 Å². The third kappa shape index (κ3) is 2.10. The van der Waals surface area contributed by atoms with E-state index in [1.165, 1.54) is 25.6 Å². The van der Waals surface area contributed by atoms with Crippen molar-refractivity contribution in [2.75, 3.05) is 7.11 Å². The van der Waals surface area contributed by atoms with Gasteiger partial charge in [-0.1, -0.05) is 0 Å². The van der Waals surface area contributed by atoms with Crippen molar-refractivity contribution in [3.8, 4) is 17.1 Å². The minimum Gasteiger partial charge on any atom is -0.481 e. The molecule has 0 fully saturated rings. The predicted octanol–water partition coefficient (Wildman–Crippen LogP) is 1.50. The predicted molar refractivity (Wildman–Crippen MR) is 57.2 cm³/mol. The molecule has 0 unspecified atom stereocenters. The largest absolute Gasteiger partial charge is 0.481 e. The van der Waals surface area contributed by atoms with Gasteiger partial charge in [0.2, 0.25) is 5.88 Å². The van der Waals surface area contributed by atoms with E-state index >= 15 is 0 Å². The molecule has 2 aromatic heterocycles. The van der Waals surface area contributed by atoms with Crippen LogP contribution in [0.2, 0.25) is 0 Å². The number of methoxy groups -OCH3 is 1. The van der Waals surface area contributed by atoms with E-state index in [9.17, 15) is 9.18 Å². The smallest absolute Gasteiger partial charge is 0.213 e. The summed E-state index contributed by atoms with van der Waals surface area (Å²) in [6, 6.07) is 1.37. The second kappa shape index (κ2) is 4.65. The number of hydrogen-bond donors (Lipinski definition) is 0. The highest BCUT2D eigenvalue weighted by Crippen LogP contribution is 2.24. The van der Waals surface area contributed by atoms with Gasteiger partial charge in [0, 0.05) is 24.0 Å². The fourth-order valence-electron chi connectivity index (χ4n) is 1.36. The van der Waals surface area contributed by atoms with Crippen molar-refractivity contribution in [2.45, 2.75) is 0 Å². The first-order valence-corrected chi connectivity index (χ1v) is 4.72. The molecule has 0 saturated heterocycles. The van der Waals surface area contributed by atoms with Gasteiger partial charge in [-0.3, -0.25) is 9.78 Å². The number of nitrogens with zero attached hydrogens (tertiary/aromatic N) is 3. The van der Waals surface area contributed by atoms with E-state index < -0.39 is 5.82 Å².